The Morgan fingerprint density at radius 3 is 2.76 bits per heavy atom. The molecular formula is C11H19N3O2S. The summed E-state index contributed by atoms with van der Waals surface area (Å²) >= 11 is 1.33. The molecule has 0 bridgehead atoms. The number of carboxylic acids is 1. The Bertz CT molecular complexity index is 363. The van der Waals surface area contributed by atoms with E-state index in [0.717, 1.165) is 19.6 Å². The molecule has 0 spiro atoms. The largest absolute Gasteiger partial charge is 0.476 e. The summed E-state index contributed by atoms with van der Waals surface area (Å²) in [6.45, 7) is 9.17. The van der Waals surface area contributed by atoms with Gasteiger partial charge in [-0.25, -0.2) is 9.78 Å². The molecule has 1 aromatic rings. The van der Waals surface area contributed by atoms with Gasteiger partial charge in [-0.2, -0.15) is 0 Å². The smallest absolute Gasteiger partial charge is 0.357 e. The van der Waals surface area contributed by atoms with E-state index in [2.05, 4.69) is 29.0 Å². The quantitative estimate of drug-likeness (QED) is 0.782. The second kappa shape index (κ2) is 6.56. The number of anilines is 1. The van der Waals surface area contributed by atoms with Crippen LogP contribution < -0.4 is 5.32 Å². The first-order valence-corrected chi connectivity index (χ1v) is 6.62. The molecule has 1 heterocycles. The van der Waals surface area contributed by atoms with Crippen LogP contribution in [0.2, 0.25) is 0 Å². The van der Waals surface area contributed by atoms with E-state index >= 15 is 0 Å². The lowest BCUT2D eigenvalue weighted by molar-refractivity contribution is 0.0692. The SMILES string of the molecule is CCN(CC)CC(C)Nc1scnc1C(=O)O. The molecule has 1 unspecified atom stereocenters. The fourth-order valence-corrected chi connectivity index (χ4v) is 2.42. The number of hydrogen-bond acceptors (Lipinski definition) is 5. The third-order valence-electron chi connectivity index (χ3n) is 2.57. The molecule has 0 aliphatic carbocycles. The number of carboxylic acid groups (broad SMARTS) is 1. The maximum atomic E-state index is 10.9. The summed E-state index contributed by atoms with van der Waals surface area (Å²) in [5.41, 5.74) is 1.66. The summed E-state index contributed by atoms with van der Waals surface area (Å²) in [7, 11) is 0. The van der Waals surface area contributed by atoms with Crippen molar-refractivity contribution < 1.29 is 9.90 Å². The lowest BCUT2D eigenvalue weighted by atomic mass is 10.3. The summed E-state index contributed by atoms with van der Waals surface area (Å²) in [5, 5.41) is 12.8. The van der Waals surface area contributed by atoms with Crippen molar-refractivity contribution in [1.29, 1.82) is 0 Å². The molecule has 1 rings (SSSR count). The van der Waals surface area contributed by atoms with Crippen molar-refractivity contribution >= 4 is 22.3 Å². The standard InChI is InChI=1S/C11H19N3O2S/c1-4-14(5-2)6-8(3)13-10-9(11(15)16)12-7-17-10/h7-8,13H,4-6H2,1-3H3,(H,15,16). The van der Waals surface area contributed by atoms with Crippen molar-refractivity contribution in [3.63, 3.8) is 0 Å². The highest BCUT2D eigenvalue weighted by Gasteiger charge is 2.16. The molecule has 17 heavy (non-hydrogen) atoms. The zero-order valence-corrected chi connectivity index (χ0v) is 11.3. The Morgan fingerprint density at radius 2 is 2.24 bits per heavy atom. The number of thiazole rings is 1. The van der Waals surface area contributed by atoms with E-state index in [1.807, 2.05) is 6.92 Å². The number of nitrogens with one attached hydrogen (secondary N) is 1. The number of aromatic carboxylic acids is 1. The highest BCUT2D eigenvalue weighted by molar-refractivity contribution is 7.14. The number of rotatable bonds is 7. The van der Waals surface area contributed by atoms with Crippen LogP contribution in [-0.2, 0) is 0 Å². The minimum Gasteiger partial charge on any atom is -0.476 e. The molecule has 0 amide bonds. The minimum absolute atomic E-state index is 0.112. The van der Waals surface area contributed by atoms with E-state index in [1.165, 1.54) is 11.3 Å². The van der Waals surface area contributed by atoms with E-state index in [9.17, 15) is 4.79 Å². The zero-order valence-electron chi connectivity index (χ0n) is 10.4. The van der Waals surface area contributed by atoms with Gasteiger partial charge < -0.3 is 15.3 Å². The monoisotopic (exact) mass is 257 g/mol. The molecule has 0 aliphatic heterocycles. The summed E-state index contributed by atoms with van der Waals surface area (Å²) in [6.07, 6.45) is 0. The Balaban J connectivity index is 2.58. The highest BCUT2D eigenvalue weighted by atomic mass is 32.1. The van der Waals surface area contributed by atoms with Crippen LogP contribution in [0.4, 0.5) is 5.00 Å². The number of hydrogen-bond donors (Lipinski definition) is 2. The van der Waals surface area contributed by atoms with E-state index in [1.54, 1.807) is 5.51 Å². The molecule has 5 nitrogen and oxygen atoms in total. The molecule has 0 radical (unpaired) electrons. The Kier molecular flexibility index (Phi) is 5.37. The molecule has 0 fully saturated rings. The second-order valence-electron chi connectivity index (χ2n) is 3.87. The highest BCUT2D eigenvalue weighted by Crippen LogP contribution is 2.21. The van der Waals surface area contributed by atoms with Gasteiger partial charge in [0.15, 0.2) is 5.69 Å². The second-order valence-corrected chi connectivity index (χ2v) is 4.72. The van der Waals surface area contributed by atoms with Gasteiger partial charge in [0.2, 0.25) is 0 Å². The van der Waals surface area contributed by atoms with Crippen molar-refractivity contribution in [2.75, 3.05) is 25.0 Å². The molecule has 1 aromatic heterocycles. The molecule has 2 N–H and O–H groups in total. The number of carbonyl (C=O) groups is 1. The Labute approximate surface area is 105 Å². The maximum absolute atomic E-state index is 10.9. The van der Waals surface area contributed by atoms with Crippen molar-refractivity contribution in [2.24, 2.45) is 0 Å². The van der Waals surface area contributed by atoms with Gasteiger partial charge in [0.25, 0.3) is 0 Å². The fourth-order valence-electron chi connectivity index (χ4n) is 1.64. The molecule has 96 valence electrons. The van der Waals surface area contributed by atoms with Gasteiger partial charge in [0, 0.05) is 12.6 Å². The fraction of sp³-hybridized carbons (Fsp3) is 0.636. The van der Waals surface area contributed by atoms with Gasteiger partial charge >= 0.3 is 5.97 Å². The average molecular weight is 257 g/mol. The van der Waals surface area contributed by atoms with E-state index < -0.39 is 5.97 Å². The molecule has 0 aromatic carbocycles. The minimum atomic E-state index is -0.983. The molecule has 1 atom stereocenters. The molecule has 6 heteroatoms. The van der Waals surface area contributed by atoms with Crippen LogP contribution in [0.25, 0.3) is 0 Å². The molecule has 0 saturated heterocycles. The Morgan fingerprint density at radius 1 is 1.59 bits per heavy atom. The van der Waals surface area contributed by atoms with Gasteiger partial charge in [-0.1, -0.05) is 13.8 Å². The third kappa shape index (κ3) is 3.98. The summed E-state index contributed by atoms with van der Waals surface area (Å²) < 4.78 is 0. The predicted molar refractivity (Wildman–Crippen MR) is 69.9 cm³/mol. The van der Waals surface area contributed by atoms with Crippen LogP contribution in [0.5, 0.6) is 0 Å². The maximum Gasteiger partial charge on any atom is 0.357 e. The summed E-state index contributed by atoms with van der Waals surface area (Å²) in [6, 6.07) is 0.202. The Hall–Kier alpha value is -1.14. The van der Waals surface area contributed by atoms with Crippen LogP contribution in [0.3, 0.4) is 0 Å². The van der Waals surface area contributed by atoms with E-state index in [4.69, 9.17) is 5.11 Å². The zero-order chi connectivity index (χ0) is 12.8. The van der Waals surface area contributed by atoms with E-state index in [-0.39, 0.29) is 11.7 Å². The van der Waals surface area contributed by atoms with Crippen LogP contribution in [-0.4, -0.2) is 46.6 Å². The van der Waals surface area contributed by atoms with Gasteiger partial charge in [0.05, 0.1) is 5.51 Å². The first-order valence-electron chi connectivity index (χ1n) is 5.74. The normalized spacial score (nSPS) is 12.7. The first-order chi connectivity index (χ1) is 8.08. The van der Waals surface area contributed by atoms with E-state index in [0.29, 0.717) is 5.00 Å². The lowest BCUT2D eigenvalue weighted by Crippen LogP contribution is -2.34. The predicted octanol–water partition coefficient (Wildman–Crippen LogP) is 1.98. The first kappa shape index (κ1) is 13.9. The van der Waals surface area contributed by atoms with Crippen molar-refractivity contribution in [3.8, 4) is 0 Å². The van der Waals surface area contributed by atoms with Crippen LogP contribution in [0, 0.1) is 0 Å². The van der Waals surface area contributed by atoms with Gasteiger partial charge in [-0.15, -0.1) is 11.3 Å². The van der Waals surface area contributed by atoms with Crippen LogP contribution >= 0.6 is 11.3 Å². The van der Waals surface area contributed by atoms with Gasteiger partial charge in [-0.3, -0.25) is 0 Å². The van der Waals surface area contributed by atoms with Crippen molar-refractivity contribution in [2.45, 2.75) is 26.8 Å². The number of likely N-dealkylation sites (N-methyl/N-ethyl adjacent to an activating group) is 1. The topological polar surface area (TPSA) is 65.5 Å². The number of aromatic nitrogens is 1. The summed E-state index contributed by atoms with van der Waals surface area (Å²) in [4.78, 5) is 17.0. The van der Waals surface area contributed by atoms with Crippen LogP contribution in [0.15, 0.2) is 5.51 Å². The van der Waals surface area contributed by atoms with Crippen molar-refractivity contribution in [3.05, 3.63) is 11.2 Å². The van der Waals surface area contributed by atoms with Crippen LogP contribution in [0.1, 0.15) is 31.3 Å². The van der Waals surface area contributed by atoms with Gasteiger partial charge in [-0.05, 0) is 20.0 Å². The lowest BCUT2D eigenvalue weighted by Gasteiger charge is -2.23. The number of nitrogens with zero attached hydrogens (tertiary/aromatic N) is 2. The third-order valence-corrected chi connectivity index (χ3v) is 3.33. The molecular weight excluding hydrogens is 238 g/mol. The molecule has 0 saturated carbocycles. The van der Waals surface area contributed by atoms with Gasteiger partial charge in [0.1, 0.15) is 5.00 Å². The molecule has 0 aliphatic rings. The average Bonchev–Trinajstić information content (AvgIpc) is 2.74. The summed E-state index contributed by atoms with van der Waals surface area (Å²) in [5.74, 6) is -0.983. The van der Waals surface area contributed by atoms with Crippen molar-refractivity contribution in [1.82, 2.24) is 9.88 Å².